The van der Waals surface area contributed by atoms with E-state index in [0.717, 1.165) is 29.3 Å². The number of carbonyl (C=O) groups is 3. The van der Waals surface area contributed by atoms with Gasteiger partial charge in [-0.05, 0) is 62.6 Å². The Balaban J connectivity index is 0.00000122. The number of aldehydes is 1. The summed E-state index contributed by atoms with van der Waals surface area (Å²) in [6.45, 7) is 3.05. The third-order valence-electron chi connectivity index (χ3n) is 4.88. The number of nitrogens with zero attached hydrogens (tertiary/aromatic N) is 2. The van der Waals surface area contributed by atoms with Crippen LogP contribution in [0.2, 0.25) is 0 Å². The lowest BCUT2D eigenvalue weighted by molar-refractivity contribution is -0.131. The molecule has 1 atom stereocenters. The number of ether oxygens (including phenoxy) is 1. The third kappa shape index (κ3) is 8.42. The van der Waals surface area contributed by atoms with Gasteiger partial charge in [-0.1, -0.05) is 6.07 Å². The lowest BCUT2D eigenvalue weighted by Crippen LogP contribution is -2.48. The Kier molecular flexibility index (Phi) is 11.3. The molecule has 3 rings (SSSR count). The minimum absolute atomic E-state index is 0.0111. The molecule has 2 N–H and O–H groups in total. The van der Waals surface area contributed by atoms with Crippen molar-refractivity contribution in [2.24, 2.45) is 0 Å². The summed E-state index contributed by atoms with van der Waals surface area (Å²) in [6.07, 6.45) is 5.85. The molecule has 0 aliphatic carbocycles. The molecule has 2 aromatic rings. The number of benzene rings is 1. The zero-order valence-corrected chi connectivity index (χ0v) is 21.1. The zero-order chi connectivity index (χ0) is 24.2. The molecule has 0 spiro atoms. The van der Waals surface area contributed by atoms with Gasteiger partial charge in [-0.15, -0.1) is 21.0 Å². The molecule has 2 heterocycles. The average molecular weight is 491 g/mol. The highest BCUT2D eigenvalue weighted by Gasteiger charge is 2.25. The first kappa shape index (κ1) is 26.8. The van der Waals surface area contributed by atoms with Crippen molar-refractivity contribution in [1.29, 1.82) is 0 Å². The van der Waals surface area contributed by atoms with E-state index in [1.807, 2.05) is 35.4 Å². The second kappa shape index (κ2) is 13.9. The van der Waals surface area contributed by atoms with Crippen LogP contribution in [0.15, 0.2) is 41.4 Å². The molecule has 1 aromatic heterocycles. The fourth-order valence-electron chi connectivity index (χ4n) is 3.29. The summed E-state index contributed by atoms with van der Waals surface area (Å²) >= 11 is 1.62. The lowest BCUT2D eigenvalue weighted by atomic mass is 10.0. The van der Waals surface area contributed by atoms with Crippen molar-refractivity contribution in [2.75, 3.05) is 32.9 Å². The van der Waals surface area contributed by atoms with Crippen molar-refractivity contribution >= 4 is 44.4 Å². The van der Waals surface area contributed by atoms with E-state index in [1.165, 1.54) is 6.92 Å². The van der Waals surface area contributed by atoms with E-state index in [2.05, 4.69) is 24.9 Å². The van der Waals surface area contributed by atoms with E-state index < -0.39 is 0 Å². The smallest absolute Gasteiger partial charge is 0.257 e. The van der Waals surface area contributed by atoms with Crippen molar-refractivity contribution in [3.05, 3.63) is 42.1 Å². The second-order valence-corrected chi connectivity index (χ2v) is 8.84. The molecular weight excluding hydrogens is 459 g/mol. The second-order valence-electron chi connectivity index (χ2n) is 7.30. The number of nitrogens with one attached hydrogen (secondary N) is 2. The highest BCUT2D eigenvalue weighted by molar-refractivity contribution is 7.98. The number of aromatic nitrogens is 1. The van der Waals surface area contributed by atoms with Crippen LogP contribution in [0.25, 0.3) is 0 Å². The standard InChI is InChI=1S/C21H27N4O3PS.C2H4O/c1-22-13-19(26)25-8-6-14(7-9-25)24-20(27)18-11-16(29)12-23-21(18)28-15-4-3-5-17(10-15)30-2;1-2-3/h3-5,10-12,14,22H,6-9,13,29H2,1-2H3,(H,24,27);2H,1H3. The van der Waals surface area contributed by atoms with E-state index in [9.17, 15) is 9.59 Å². The quantitative estimate of drug-likeness (QED) is 0.349. The zero-order valence-electron chi connectivity index (χ0n) is 19.2. The maximum atomic E-state index is 13.0. The monoisotopic (exact) mass is 490 g/mol. The predicted octanol–water partition coefficient (Wildman–Crippen LogP) is 2.24. The largest absolute Gasteiger partial charge is 0.438 e. The van der Waals surface area contributed by atoms with Gasteiger partial charge in [-0.25, -0.2) is 4.98 Å². The minimum atomic E-state index is -0.220. The molecule has 1 aromatic carbocycles. The van der Waals surface area contributed by atoms with E-state index in [1.54, 1.807) is 31.1 Å². The Morgan fingerprint density at radius 2 is 2.00 bits per heavy atom. The summed E-state index contributed by atoms with van der Waals surface area (Å²) in [6, 6.07) is 9.44. The van der Waals surface area contributed by atoms with Crippen LogP contribution in [0.5, 0.6) is 11.6 Å². The van der Waals surface area contributed by atoms with Crippen molar-refractivity contribution in [2.45, 2.75) is 30.7 Å². The van der Waals surface area contributed by atoms with Crippen LogP contribution in [-0.4, -0.2) is 67.0 Å². The minimum Gasteiger partial charge on any atom is -0.438 e. The molecule has 0 bridgehead atoms. The van der Waals surface area contributed by atoms with Crippen molar-refractivity contribution in [3.8, 4) is 11.6 Å². The first-order chi connectivity index (χ1) is 15.9. The van der Waals surface area contributed by atoms with Crippen LogP contribution in [0.3, 0.4) is 0 Å². The topological polar surface area (TPSA) is 101 Å². The van der Waals surface area contributed by atoms with Crippen LogP contribution in [0.4, 0.5) is 0 Å². The maximum Gasteiger partial charge on any atom is 0.257 e. The lowest BCUT2D eigenvalue weighted by Gasteiger charge is -2.32. The first-order valence-corrected chi connectivity index (χ1v) is 12.4. The summed E-state index contributed by atoms with van der Waals surface area (Å²) < 4.78 is 5.94. The number of hydrogen-bond donors (Lipinski definition) is 2. The average Bonchev–Trinajstić information content (AvgIpc) is 2.81. The fourth-order valence-corrected chi connectivity index (χ4v) is 3.98. The molecule has 1 aliphatic heterocycles. The summed E-state index contributed by atoms with van der Waals surface area (Å²) in [7, 11) is 4.32. The molecule has 1 fully saturated rings. The van der Waals surface area contributed by atoms with Gasteiger partial charge in [0, 0.05) is 30.2 Å². The van der Waals surface area contributed by atoms with E-state index in [-0.39, 0.29) is 23.7 Å². The van der Waals surface area contributed by atoms with Crippen LogP contribution >= 0.6 is 21.0 Å². The Morgan fingerprint density at radius 3 is 2.64 bits per heavy atom. The molecule has 1 saturated heterocycles. The third-order valence-corrected chi connectivity index (χ3v) is 5.92. The number of carbonyl (C=O) groups excluding carboxylic acids is 3. The highest BCUT2D eigenvalue weighted by Crippen LogP contribution is 2.27. The number of piperidine rings is 1. The number of thioether (sulfide) groups is 1. The highest BCUT2D eigenvalue weighted by atomic mass is 32.2. The van der Waals surface area contributed by atoms with Gasteiger partial charge in [0.2, 0.25) is 11.8 Å². The fraction of sp³-hybridized carbons (Fsp3) is 0.391. The van der Waals surface area contributed by atoms with Crippen molar-refractivity contribution in [3.63, 3.8) is 0 Å². The molecule has 1 unspecified atom stereocenters. The van der Waals surface area contributed by atoms with Gasteiger partial charge < -0.3 is 25.1 Å². The van der Waals surface area contributed by atoms with Crippen molar-refractivity contribution < 1.29 is 19.1 Å². The molecule has 2 amide bonds. The molecule has 0 radical (unpaired) electrons. The predicted molar refractivity (Wildman–Crippen MR) is 135 cm³/mol. The van der Waals surface area contributed by atoms with Gasteiger partial charge >= 0.3 is 0 Å². The van der Waals surface area contributed by atoms with Crippen LogP contribution in [0, 0.1) is 0 Å². The van der Waals surface area contributed by atoms with Crippen molar-refractivity contribution in [1.82, 2.24) is 20.5 Å². The van der Waals surface area contributed by atoms with Gasteiger partial charge in [0.25, 0.3) is 5.91 Å². The van der Waals surface area contributed by atoms with Gasteiger partial charge in [0.05, 0.1) is 6.54 Å². The molecule has 0 saturated carbocycles. The maximum absolute atomic E-state index is 13.0. The normalized spacial score (nSPS) is 13.5. The van der Waals surface area contributed by atoms with E-state index in [4.69, 9.17) is 9.53 Å². The number of hydrogen-bond acceptors (Lipinski definition) is 7. The SMILES string of the molecule is CC=O.CNCC(=O)N1CCC(NC(=O)c2cc(P)cnc2Oc2cccc(SC)c2)CC1. The van der Waals surface area contributed by atoms with Crippen LogP contribution in [-0.2, 0) is 9.59 Å². The molecular formula is C23H31N4O4PS. The summed E-state index contributed by atoms with van der Waals surface area (Å²) in [5, 5.41) is 6.76. The van der Waals surface area contributed by atoms with Gasteiger partial charge in [0.15, 0.2) is 0 Å². The van der Waals surface area contributed by atoms with Gasteiger partial charge in [0.1, 0.15) is 17.6 Å². The Morgan fingerprint density at radius 1 is 1.30 bits per heavy atom. The molecule has 178 valence electrons. The number of likely N-dealkylation sites (tertiary alicyclic amines) is 1. The van der Waals surface area contributed by atoms with Gasteiger partial charge in [-0.3, -0.25) is 9.59 Å². The van der Waals surface area contributed by atoms with Crippen LogP contribution in [0.1, 0.15) is 30.1 Å². The summed E-state index contributed by atoms with van der Waals surface area (Å²) in [5.74, 6) is 0.781. The number of likely N-dealkylation sites (N-methyl/N-ethyl adjacent to an activating group) is 1. The number of amides is 2. The Hall–Kier alpha value is -2.48. The van der Waals surface area contributed by atoms with E-state index in [0.29, 0.717) is 30.9 Å². The molecule has 33 heavy (non-hydrogen) atoms. The first-order valence-electron chi connectivity index (χ1n) is 10.6. The number of rotatable bonds is 7. The van der Waals surface area contributed by atoms with Crippen LogP contribution < -0.4 is 20.7 Å². The Labute approximate surface area is 201 Å². The molecule has 1 aliphatic rings. The molecule has 10 heteroatoms. The van der Waals surface area contributed by atoms with Gasteiger partial charge in [-0.2, -0.15) is 0 Å². The van der Waals surface area contributed by atoms with E-state index >= 15 is 0 Å². The molecule has 8 nitrogen and oxygen atoms in total. The summed E-state index contributed by atoms with van der Waals surface area (Å²) in [5.41, 5.74) is 0.394. The summed E-state index contributed by atoms with van der Waals surface area (Å²) in [4.78, 5) is 41.0. The Bertz CT molecular complexity index is 952. The number of pyridine rings is 1.